The van der Waals surface area contributed by atoms with Crippen LogP contribution in [0.4, 0.5) is 0 Å². The fourth-order valence-electron chi connectivity index (χ4n) is 0.791. The smallest absolute Gasteiger partial charge is 0.129 e. The highest BCUT2D eigenvalue weighted by Crippen LogP contribution is 2.03. The average molecular weight is 144 g/mol. The minimum atomic E-state index is -0.209. The first kappa shape index (κ1) is 9.63. The molecule has 0 fully saturated rings. The second-order valence-corrected chi connectivity index (χ2v) is 2.66. The minimum Gasteiger partial charge on any atom is -0.393 e. The molecule has 0 aliphatic carbocycles. The molecule has 0 aromatic carbocycles. The number of aliphatic hydroxyl groups is 1. The summed E-state index contributed by atoms with van der Waals surface area (Å²) >= 11 is 0. The fourth-order valence-corrected chi connectivity index (χ4v) is 0.791. The normalized spacial score (nSPS) is 13.1. The van der Waals surface area contributed by atoms with Gasteiger partial charge in [-0.2, -0.15) is 0 Å². The van der Waals surface area contributed by atoms with Crippen LogP contribution in [0.2, 0.25) is 0 Å². The molecule has 0 radical (unpaired) electrons. The van der Waals surface area contributed by atoms with Crippen molar-refractivity contribution in [2.75, 3.05) is 0 Å². The first-order valence-corrected chi connectivity index (χ1v) is 3.84. The number of hydrogen-bond acceptors (Lipinski definition) is 2. The molecule has 60 valence electrons. The molecule has 10 heavy (non-hydrogen) atoms. The van der Waals surface area contributed by atoms with Crippen LogP contribution in [-0.2, 0) is 4.79 Å². The summed E-state index contributed by atoms with van der Waals surface area (Å²) in [5.74, 6) is 0.211. The summed E-state index contributed by atoms with van der Waals surface area (Å²) in [6.45, 7) is 3.52. The Morgan fingerprint density at radius 1 is 1.60 bits per heavy atom. The van der Waals surface area contributed by atoms with E-state index in [9.17, 15) is 4.79 Å². The van der Waals surface area contributed by atoms with Crippen LogP contribution < -0.4 is 0 Å². The lowest BCUT2D eigenvalue weighted by atomic mass is 10.1. The molecule has 2 nitrogen and oxygen atoms in total. The number of aliphatic hydroxyl groups excluding tert-OH is 1. The maximum atomic E-state index is 10.4. The van der Waals surface area contributed by atoms with E-state index >= 15 is 0 Å². The Labute approximate surface area is 62.2 Å². The van der Waals surface area contributed by atoms with Gasteiger partial charge in [0, 0.05) is 6.42 Å². The van der Waals surface area contributed by atoms with Crippen LogP contribution in [0.5, 0.6) is 0 Å². The lowest BCUT2D eigenvalue weighted by molar-refractivity contribution is -0.117. The second-order valence-electron chi connectivity index (χ2n) is 2.66. The fraction of sp³-hybridized carbons (Fsp3) is 0.875. The molecular weight excluding hydrogens is 128 g/mol. The highest BCUT2D eigenvalue weighted by Gasteiger charge is 2.00. The lowest BCUT2D eigenvalue weighted by Crippen LogP contribution is -2.04. The summed E-state index contributed by atoms with van der Waals surface area (Å²) in [6.07, 6.45) is 2.77. The van der Waals surface area contributed by atoms with Crippen molar-refractivity contribution in [3.8, 4) is 0 Å². The van der Waals surface area contributed by atoms with Crippen LogP contribution >= 0.6 is 0 Å². The molecular formula is C8H16O2. The standard InChI is InChI=1S/C8H16O2/c1-3-8(10)6-4-5-7(2)9/h8,10H,3-6H2,1-2H3. The maximum Gasteiger partial charge on any atom is 0.129 e. The van der Waals surface area contributed by atoms with Crippen molar-refractivity contribution in [3.05, 3.63) is 0 Å². The van der Waals surface area contributed by atoms with Crippen molar-refractivity contribution < 1.29 is 9.90 Å². The Morgan fingerprint density at radius 3 is 2.60 bits per heavy atom. The molecule has 0 aliphatic rings. The molecule has 0 spiro atoms. The summed E-state index contributed by atoms with van der Waals surface area (Å²) in [5, 5.41) is 9.06. The van der Waals surface area contributed by atoms with Crippen molar-refractivity contribution in [2.45, 2.75) is 45.6 Å². The van der Waals surface area contributed by atoms with E-state index in [0.717, 1.165) is 19.3 Å². The molecule has 0 saturated heterocycles. The van der Waals surface area contributed by atoms with Crippen molar-refractivity contribution in [1.82, 2.24) is 0 Å². The average Bonchev–Trinajstić information content (AvgIpc) is 1.87. The summed E-state index contributed by atoms with van der Waals surface area (Å²) in [5.41, 5.74) is 0. The number of hydrogen-bond donors (Lipinski definition) is 1. The van der Waals surface area contributed by atoms with Crippen LogP contribution in [0.25, 0.3) is 0 Å². The highest BCUT2D eigenvalue weighted by atomic mass is 16.3. The van der Waals surface area contributed by atoms with E-state index < -0.39 is 0 Å². The van der Waals surface area contributed by atoms with Gasteiger partial charge in [0.2, 0.25) is 0 Å². The third-order valence-corrected chi connectivity index (χ3v) is 1.54. The van der Waals surface area contributed by atoms with E-state index in [0.29, 0.717) is 6.42 Å². The predicted octanol–water partition coefficient (Wildman–Crippen LogP) is 1.52. The van der Waals surface area contributed by atoms with Crippen LogP contribution in [-0.4, -0.2) is 17.0 Å². The van der Waals surface area contributed by atoms with Gasteiger partial charge in [-0.05, 0) is 26.2 Å². The topological polar surface area (TPSA) is 37.3 Å². The lowest BCUT2D eigenvalue weighted by Gasteiger charge is -2.04. The SMILES string of the molecule is CCC(O)CCCC(C)=O. The van der Waals surface area contributed by atoms with Crippen molar-refractivity contribution in [3.63, 3.8) is 0 Å². The molecule has 0 heterocycles. The Hall–Kier alpha value is -0.370. The Bertz CT molecular complexity index is 99.4. The third-order valence-electron chi connectivity index (χ3n) is 1.54. The van der Waals surface area contributed by atoms with Gasteiger partial charge in [0.15, 0.2) is 0 Å². The van der Waals surface area contributed by atoms with Crippen molar-refractivity contribution in [1.29, 1.82) is 0 Å². The first-order valence-electron chi connectivity index (χ1n) is 3.84. The van der Waals surface area contributed by atoms with E-state index in [1.54, 1.807) is 6.92 Å². The summed E-state index contributed by atoms with van der Waals surface area (Å²) in [4.78, 5) is 10.4. The molecule has 0 rings (SSSR count). The van der Waals surface area contributed by atoms with Crippen LogP contribution in [0.3, 0.4) is 0 Å². The Balaban J connectivity index is 3.11. The van der Waals surface area contributed by atoms with Gasteiger partial charge in [-0.1, -0.05) is 6.92 Å². The third kappa shape index (κ3) is 5.76. The van der Waals surface area contributed by atoms with Crippen LogP contribution in [0.15, 0.2) is 0 Å². The largest absolute Gasteiger partial charge is 0.393 e. The van der Waals surface area contributed by atoms with E-state index in [-0.39, 0.29) is 11.9 Å². The minimum absolute atomic E-state index is 0.209. The summed E-state index contributed by atoms with van der Waals surface area (Å²) in [7, 11) is 0. The molecule has 0 saturated carbocycles. The predicted molar refractivity (Wildman–Crippen MR) is 40.8 cm³/mol. The van der Waals surface area contributed by atoms with Gasteiger partial charge in [-0.3, -0.25) is 0 Å². The van der Waals surface area contributed by atoms with Crippen molar-refractivity contribution in [2.24, 2.45) is 0 Å². The van der Waals surface area contributed by atoms with E-state index in [1.165, 1.54) is 0 Å². The molecule has 0 amide bonds. The zero-order valence-corrected chi connectivity index (χ0v) is 6.76. The monoisotopic (exact) mass is 144 g/mol. The molecule has 1 N–H and O–H groups in total. The van der Waals surface area contributed by atoms with Gasteiger partial charge in [0.05, 0.1) is 6.10 Å². The molecule has 1 atom stereocenters. The van der Waals surface area contributed by atoms with Gasteiger partial charge in [-0.25, -0.2) is 0 Å². The highest BCUT2D eigenvalue weighted by molar-refractivity contribution is 5.75. The zero-order chi connectivity index (χ0) is 7.98. The van der Waals surface area contributed by atoms with Crippen molar-refractivity contribution >= 4 is 5.78 Å². The second kappa shape index (κ2) is 5.42. The zero-order valence-electron chi connectivity index (χ0n) is 6.76. The Morgan fingerprint density at radius 2 is 2.20 bits per heavy atom. The first-order chi connectivity index (χ1) is 4.66. The molecule has 0 aromatic heterocycles. The van der Waals surface area contributed by atoms with Crippen LogP contribution in [0.1, 0.15) is 39.5 Å². The number of carbonyl (C=O) groups is 1. The quantitative estimate of drug-likeness (QED) is 0.635. The van der Waals surface area contributed by atoms with E-state index in [2.05, 4.69) is 0 Å². The van der Waals surface area contributed by atoms with E-state index in [4.69, 9.17) is 5.11 Å². The number of Topliss-reactive ketones (excluding diaryl/α,β-unsaturated/α-hetero) is 1. The number of rotatable bonds is 5. The number of carbonyl (C=O) groups excluding carboxylic acids is 1. The van der Waals surface area contributed by atoms with Gasteiger partial charge in [-0.15, -0.1) is 0 Å². The van der Waals surface area contributed by atoms with Gasteiger partial charge < -0.3 is 9.90 Å². The molecule has 0 aromatic rings. The summed E-state index contributed by atoms with van der Waals surface area (Å²) in [6, 6.07) is 0. The summed E-state index contributed by atoms with van der Waals surface area (Å²) < 4.78 is 0. The van der Waals surface area contributed by atoms with Gasteiger partial charge in [0.25, 0.3) is 0 Å². The van der Waals surface area contributed by atoms with Gasteiger partial charge in [0.1, 0.15) is 5.78 Å². The maximum absolute atomic E-state index is 10.4. The molecule has 0 aliphatic heterocycles. The van der Waals surface area contributed by atoms with E-state index in [1.807, 2.05) is 6.92 Å². The molecule has 0 bridgehead atoms. The van der Waals surface area contributed by atoms with Crippen LogP contribution in [0, 0.1) is 0 Å². The Kier molecular flexibility index (Phi) is 5.22. The molecule has 1 unspecified atom stereocenters. The number of ketones is 1. The van der Waals surface area contributed by atoms with Gasteiger partial charge >= 0.3 is 0 Å². The molecule has 2 heteroatoms.